The van der Waals surface area contributed by atoms with E-state index in [0.29, 0.717) is 17.4 Å². The fourth-order valence-electron chi connectivity index (χ4n) is 2.57. The van der Waals surface area contributed by atoms with Crippen LogP contribution in [0.5, 0.6) is 0 Å². The normalized spacial score (nSPS) is 12.0. The van der Waals surface area contributed by atoms with Gasteiger partial charge in [-0.05, 0) is 52.3 Å². The summed E-state index contributed by atoms with van der Waals surface area (Å²) in [5, 5.41) is 4.77. The molecule has 116 valence electrons. The van der Waals surface area contributed by atoms with Gasteiger partial charge >= 0.3 is 0 Å². The highest BCUT2D eigenvalue weighted by Gasteiger charge is 2.14. The monoisotopic (exact) mass is 326 g/mol. The third kappa shape index (κ3) is 4.05. The fourth-order valence-corrected chi connectivity index (χ4v) is 3.67. The van der Waals surface area contributed by atoms with E-state index in [9.17, 15) is 0 Å². The van der Waals surface area contributed by atoms with Crippen molar-refractivity contribution in [3.8, 4) is 0 Å². The van der Waals surface area contributed by atoms with Gasteiger partial charge in [0.2, 0.25) is 5.28 Å². The summed E-state index contributed by atoms with van der Waals surface area (Å²) >= 11 is 7.65. The number of nitrogens with one attached hydrogen (secondary N) is 1. The minimum Gasteiger partial charge on any atom is -0.368 e. The van der Waals surface area contributed by atoms with E-state index in [1.54, 1.807) is 11.3 Å². The smallest absolute Gasteiger partial charge is 0.225 e. The van der Waals surface area contributed by atoms with E-state index < -0.39 is 0 Å². The van der Waals surface area contributed by atoms with E-state index in [1.165, 1.54) is 4.88 Å². The van der Waals surface area contributed by atoms with Gasteiger partial charge in [-0.25, -0.2) is 9.97 Å². The first-order valence-electron chi connectivity index (χ1n) is 7.31. The second-order valence-corrected chi connectivity index (χ2v) is 7.34. The first kappa shape index (κ1) is 16.5. The molecule has 2 heterocycles. The number of anilines is 1. The van der Waals surface area contributed by atoms with Gasteiger partial charge in [0.15, 0.2) is 0 Å². The molecule has 0 saturated carbocycles. The lowest BCUT2D eigenvalue weighted by atomic mass is 10.2. The van der Waals surface area contributed by atoms with Crippen LogP contribution in [0.2, 0.25) is 5.28 Å². The largest absolute Gasteiger partial charge is 0.368 e. The maximum atomic E-state index is 6.01. The number of halogens is 1. The first-order chi connectivity index (χ1) is 9.88. The number of hydrogen-bond donors (Lipinski definition) is 1. The highest BCUT2D eigenvalue weighted by Crippen LogP contribution is 2.29. The van der Waals surface area contributed by atoms with Crippen molar-refractivity contribution in [3.05, 3.63) is 16.2 Å². The van der Waals surface area contributed by atoms with Crippen molar-refractivity contribution in [1.82, 2.24) is 14.9 Å². The van der Waals surface area contributed by atoms with Gasteiger partial charge in [0.05, 0.1) is 5.39 Å². The molecule has 2 rings (SSSR count). The summed E-state index contributed by atoms with van der Waals surface area (Å²) in [5.74, 6) is 0.835. The molecule has 0 amide bonds. The van der Waals surface area contributed by atoms with Crippen molar-refractivity contribution in [3.63, 3.8) is 0 Å². The van der Waals surface area contributed by atoms with Gasteiger partial charge in [-0.15, -0.1) is 11.3 Å². The van der Waals surface area contributed by atoms with Crippen molar-refractivity contribution in [1.29, 1.82) is 0 Å². The molecule has 2 aromatic rings. The Bertz CT molecular complexity index is 601. The minimum atomic E-state index is 0.302. The van der Waals surface area contributed by atoms with Crippen molar-refractivity contribution in [2.45, 2.75) is 46.7 Å². The molecule has 0 saturated heterocycles. The highest BCUT2D eigenvalue weighted by molar-refractivity contribution is 7.18. The Morgan fingerprint density at radius 2 is 1.90 bits per heavy atom. The Labute approximate surface area is 135 Å². The van der Waals surface area contributed by atoms with E-state index >= 15 is 0 Å². The zero-order valence-corrected chi connectivity index (χ0v) is 14.8. The number of thiophene rings is 1. The van der Waals surface area contributed by atoms with Crippen molar-refractivity contribution in [2.24, 2.45) is 0 Å². The lowest BCUT2D eigenvalue weighted by molar-refractivity contribution is 0.182. The van der Waals surface area contributed by atoms with Crippen LogP contribution in [0, 0.1) is 6.92 Å². The summed E-state index contributed by atoms with van der Waals surface area (Å²) in [6, 6.07) is 3.18. The van der Waals surface area contributed by atoms with Gasteiger partial charge in [0.1, 0.15) is 10.6 Å². The number of rotatable bonds is 6. The molecule has 2 aromatic heterocycles. The van der Waals surface area contributed by atoms with Gasteiger partial charge in [0, 0.05) is 30.1 Å². The second-order valence-electron chi connectivity index (χ2n) is 5.77. The van der Waals surface area contributed by atoms with E-state index in [4.69, 9.17) is 11.6 Å². The predicted molar refractivity (Wildman–Crippen MR) is 92.6 cm³/mol. The van der Waals surface area contributed by atoms with Crippen LogP contribution in [0.1, 0.15) is 32.6 Å². The Hall–Kier alpha value is -0.910. The van der Waals surface area contributed by atoms with Crippen LogP contribution < -0.4 is 5.32 Å². The maximum absolute atomic E-state index is 6.01. The Morgan fingerprint density at radius 3 is 2.52 bits per heavy atom. The summed E-state index contributed by atoms with van der Waals surface area (Å²) in [6.07, 6.45) is 0. The number of aryl methyl sites for hydroxylation is 1. The molecule has 0 aliphatic carbocycles. The molecular formula is C15H23ClN4S. The van der Waals surface area contributed by atoms with E-state index in [0.717, 1.165) is 29.1 Å². The number of fused-ring (bicyclic) bond motifs is 1. The third-order valence-electron chi connectivity index (χ3n) is 3.48. The molecule has 21 heavy (non-hydrogen) atoms. The van der Waals surface area contributed by atoms with Crippen LogP contribution in [-0.2, 0) is 0 Å². The van der Waals surface area contributed by atoms with Crippen LogP contribution in [-0.4, -0.2) is 40.0 Å². The lowest BCUT2D eigenvalue weighted by Gasteiger charge is -2.30. The van der Waals surface area contributed by atoms with Crippen LogP contribution in [0.15, 0.2) is 6.07 Å². The van der Waals surface area contributed by atoms with Gasteiger partial charge in [0.25, 0.3) is 0 Å². The number of hydrogen-bond acceptors (Lipinski definition) is 5. The van der Waals surface area contributed by atoms with Gasteiger partial charge in [-0.2, -0.15) is 0 Å². The van der Waals surface area contributed by atoms with E-state index in [-0.39, 0.29) is 0 Å². The summed E-state index contributed by atoms with van der Waals surface area (Å²) < 4.78 is 0. The molecule has 0 atom stereocenters. The van der Waals surface area contributed by atoms with Crippen molar-refractivity contribution >= 4 is 39.0 Å². The molecule has 0 fully saturated rings. The summed E-state index contributed by atoms with van der Waals surface area (Å²) in [4.78, 5) is 13.2. The molecule has 0 radical (unpaired) electrons. The first-order valence-corrected chi connectivity index (χ1v) is 8.51. The molecule has 0 aromatic carbocycles. The Morgan fingerprint density at radius 1 is 1.24 bits per heavy atom. The lowest BCUT2D eigenvalue weighted by Crippen LogP contribution is -2.40. The molecule has 0 unspecified atom stereocenters. The van der Waals surface area contributed by atoms with E-state index in [2.05, 4.69) is 60.9 Å². The molecule has 0 aliphatic heterocycles. The fraction of sp³-hybridized carbons (Fsp3) is 0.600. The maximum Gasteiger partial charge on any atom is 0.225 e. The molecule has 0 bridgehead atoms. The van der Waals surface area contributed by atoms with Gasteiger partial charge < -0.3 is 5.32 Å². The molecular weight excluding hydrogens is 304 g/mol. The average molecular weight is 327 g/mol. The van der Waals surface area contributed by atoms with Gasteiger partial charge in [-0.1, -0.05) is 0 Å². The van der Waals surface area contributed by atoms with Gasteiger partial charge in [-0.3, -0.25) is 4.90 Å². The van der Waals surface area contributed by atoms with Crippen LogP contribution in [0.4, 0.5) is 5.82 Å². The summed E-state index contributed by atoms with van der Waals surface area (Å²) in [6.45, 7) is 12.8. The molecule has 0 spiro atoms. The number of nitrogens with zero attached hydrogens (tertiary/aromatic N) is 3. The standard InChI is InChI=1S/C15H23ClN4S/c1-9(2)20(10(3)4)7-6-17-13-12-8-11(5)21-14(12)19-15(16)18-13/h8-10H,6-7H2,1-5H3,(H,17,18,19). The molecule has 1 N–H and O–H groups in total. The quantitative estimate of drug-likeness (QED) is 0.808. The predicted octanol–water partition coefficient (Wildman–Crippen LogP) is 4.18. The molecule has 6 heteroatoms. The summed E-state index contributed by atoms with van der Waals surface area (Å²) in [5.41, 5.74) is 0. The zero-order valence-electron chi connectivity index (χ0n) is 13.3. The Kier molecular flexibility index (Phi) is 5.41. The van der Waals surface area contributed by atoms with E-state index in [1.807, 2.05) is 0 Å². The second kappa shape index (κ2) is 6.90. The molecule has 0 aliphatic rings. The SMILES string of the molecule is Cc1cc2c(NCCN(C(C)C)C(C)C)nc(Cl)nc2s1. The topological polar surface area (TPSA) is 41.0 Å². The Balaban J connectivity index is 2.09. The minimum absolute atomic E-state index is 0.302. The third-order valence-corrected chi connectivity index (χ3v) is 4.59. The average Bonchev–Trinajstić information content (AvgIpc) is 2.73. The highest BCUT2D eigenvalue weighted by atomic mass is 35.5. The van der Waals surface area contributed by atoms with Crippen LogP contribution in [0.3, 0.4) is 0 Å². The van der Waals surface area contributed by atoms with Crippen LogP contribution >= 0.6 is 22.9 Å². The molecule has 4 nitrogen and oxygen atoms in total. The van der Waals surface area contributed by atoms with Crippen LogP contribution in [0.25, 0.3) is 10.2 Å². The van der Waals surface area contributed by atoms with Crippen molar-refractivity contribution in [2.75, 3.05) is 18.4 Å². The van der Waals surface area contributed by atoms with Crippen molar-refractivity contribution < 1.29 is 0 Å². The number of aromatic nitrogens is 2. The zero-order chi connectivity index (χ0) is 15.6. The summed E-state index contributed by atoms with van der Waals surface area (Å²) in [7, 11) is 0.